The minimum Gasteiger partial charge on any atom is -0.492 e. The Hall–Kier alpha value is -0.920. The zero-order chi connectivity index (χ0) is 14.8. The number of halogens is 2. The van der Waals surface area contributed by atoms with Crippen molar-refractivity contribution in [1.82, 2.24) is 4.90 Å². The number of hydrogen-bond acceptors (Lipinski definition) is 3. The van der Waals surface area contributed by atoms with Crippen molar-refractivity contribution in [2.75, 3.05) is 32.8 Å². The van der Waals surface area contributed by atoms with Crippen molar-refractivity contribution in [1.29, 1.82) is 0 Å². The second-order valence-electron chi connectivity index (χ2n) is 4.40. The van der Waals surface area contributed by atoms with Crippen LogP contribution in [0.1, 0.15) is 12.8 Å². The molecule has 0 aliphatic heterocycles. The normalized spacial score (nSPS) is 10.6. The highest BCUT2D eigenvalue weighted by Gasteiger charge is 2.05. The maximum Gasteiger partial charge on any atom is 0.137 e. The van der Waals surface area contributed by atoms with Gasteiger partial charge in [0, 0.05) is 18.1 Å². The van der Waals surface area contributed by atoms with Gasteiger partial charge < -0.3 is 10.5 Å². The fourth-order valence-corrected chi connectivity index (χ4v) is 2.24. The second kappa shape index (κ2) is 9.90. The van der Waals surface area contributed by atoms with Crippen LogP contribution in [-0.4, -0.2) is 37.7 Å². The van der Waals surface area contributed by atoms with Gasteiger partial charge in [0.25, 0.3) is 0 Å². The topological polar surface area (TPSA) is 38.5 Å². The lowest BCUT2D eigenvalue weighted by atomic mass is 10.3. The smallest absolute Gasteiger partial charge is 0.137 e. The van der Waals surface area contributed by atoms with E-state index < -0.39 is 0 Å². The van der Waals surface area contributed by atoms with E-state index >= 15 is 0 Å². The van der Waals surface area contributed by atoms with Gasteiger partial charge >= 0.3 is 0 Å². The van der Waals surface area contributed by atoms with Crippen LogP contribution in [0.3, 0.4) is 0 Å². The van der Waals surface area contributed by atoms with Crippen LogP contribution in [0.25, 0.3) is 0 Å². The lowest BCUT2D eigenvalue weighted by Gasteiger charge is -2.19. The van der Waals surface area contributed by atoms with Gasteiger partial charge in [0.2, 0.25) is 0 Å². The first-order valence-corrected chi connectivity index (χ1v) is 7.36. The van der Waals surface area contributed by atoms with Crippen molar-refractivity contribution in [2.45, 2.75) is 12.8 Å². The van der Waals surface area contributed by atoms with Crippen LogP contribution in [0.4, 0.5) is 0 Å². The van der Waals surface area contributed by atoms with Gasteiger partial charge in [0.1, 0.15) is 5.75 Å². The molecule has 1 aromatic rings. The van der Waals surface area contributed by atoms with Crippen LogP contribution in [0.5, 0.6) is 5.75 Å². The van der Waals surface area contributed by atoms with Gasteiger partial charge in [0.15, 0.2) is 0 Å². The molecule has 5 heteroatoms. The van der Waals surface area contributed by atoms with E-state index in [1.165, 1.54) is 0 Å². The number of terminal acetylenes is 1. The molecule has 0 atom stereocenters. The lowest BCUT2D eigenvalue weighted by molar-refractivity contribution is 0.250. The van der Waals surface area contributed by atoms with Crippen LogP contribution < -0.4 is 10.5 Å². The summed E-state index contributed by atoms with van der Waals surface area (Å²) in [6, 6.07) is 5.21. The maximum absolute atomic E-state index is 6.03. The zero-order valence-corrected chi connectivity index (χ0v) is 13.0. The first kappa shape index (κ1) is 17.1. The number of nitrogens with zero attached hydrogens (tertiary/aromatic N) is 1. The maximum atomic E-state index is 6.03. The Kier molecular flexibility index (Phi) is 8.48. The molecule has 1 rings (SSSR count). The molecule has 0 aliphatic rings. The third-order valence-corrected chi connectivity index (χ3v) is 3.29. The van der Waals surface area contributed by atoms with E-state index in [1.807, 2.05) is 0 Å². The van der Waals surface area contributed by atoms with Gasteiger partial charge in [-0.3, -0.25) is 4.90 Å². The molecule has 1 aromatic carbocycles. The van der Waals surface area contributed by atoms with Crippen LogP contribution >= 0.6 is 23.2 Å². The van der Waals surface area contributed by atoms with Crippen molar-refractivity contribution >= 4 is 23.2 Å². The van der Waals surface area contributed by atoms with Gasteiger partial charge in [-0.15, -0.1) is 6.42 Å². The largest absolute Gasteiger partial charge is 0.492 e. The van der Waals surface area contributed by atoms with Gasteiger partial charge in [-0.05, 0) is 37.6 Å². The molecule has 0 aliphatic carbocycles. The van der Waals surface area contributed by atoms with E-state index in [-0.39, 0.29) is 0 Å². The third-order valence-electron chi connectivity index (χ3n) is 2.76. The monoisotopic (exact) mass is 314 g/mol. The summed E-state index contributed by atoms with van der Waals surface area (Å²) in [5.41, 5.74) is 5.50. The quantitative estimate of drug-likeness (QED) is 0.562. The Labute approximate surface area is 131 Å². The molecular weight excluding hydrogens is 295 g/mol. The fourth-order valence-electron chi connectivity index (χ4n) is 1.78. The van der Waals surface area contributed by atoms with E-state index in [1.54, 1.807) is 18.2 Å². The summed E-state index contributed by atoms with van der Waals surface area (Å²) in [4.78, 5) is 2.19. The molecule has 0 spiro atoms. The van der Waals surface area contributed by atoms with Crippen molar-refractivity contribution in [3.63, 3.8) is 0 Å². The summed E-state index contributed by atoms with van der Waals surface area (Å²) in [6.45, 7) is 3.71. The molecule has 3 nitrogen and oxygen atoms in total. The molecule has 110 valence electrons. The van der Waals surface area contributed by atoms with Gasteiger partial charge in [-0.25, -0.2) is 0 Å². The highest BCUT2D eigenvalue weighted by molar-refractivity contribution is 6.35. The minimum absolute atomic E-state index is 0.529. The van der Waals surface area contributed by atoms with Crippen LogP contribution in [0.2, 0.25) is 10.0 Å². The average molecular weight is 315 g/mol. The van der Waals surface area contributed by atoms with Gasteiger partial charge in [-0.2, -0.15) is 0 Å². The molecule has 20 heavy (non-hydrogen) atoms. The van der Waals surface area contributed by atoms with E-state index in [4.69, 9.17) is 40.1 Å². The Balaban J connectivity index is 2.30. The number of benzene rings is 1. The Morgan fingerprint density at radius 2 is 2.00 bits per heavy atom. The number of ether oxygens (including phenoxy) is 1. The van der Waals surface area contributed by atoms with Crippen LogP contribution in [0, 0.1) is 12.3 Å². The highest BCUT2D eigenvalue weighted by Crippen LogP contribution is 2.27. The van der Waals surface area contributed by atoms with Crippen molar-refractivity contribution in [3.05, 3.63) is 28.2 Å². The van der Waals surface area contributed by atoms with Crippen molar-refractivity contribution < 1.29 is 4.74 Å². The number of nitrogens with two attached hydrogens (primary N) is 1. The predicted octanol–water partition coefficient (Wildman–Crippen LogP) is 3.05. The molecule has 0 heterocycles. The molecule has 0 unspecified atom stereocenters. The Morgan fingerprint density at radius 1 is 1.25 bits per heavy atom. The van der Waals surface area contributed by atoms with Crippen molar-refractivity contribution in [3.8, 4) is 18.1 Å². The van der Waals surface area contributed by atoms with Crippen LogP contribution in [-0.2, 0) is 0 Å². The van der Waals surface area contributed by atoms with Crippen LogP contribution in [0.15, 0.2) is 18.2 Å². The summed E-state index contributed by atoms with van der Waals surface area (Å²) in [7, 11) is 0. The molecule has 0 bridgehead atoms. The van der Waals surface area contributed by atoms with E-state index in [2.05, 4.69) is 10.8 Å². The molecule has 0 aromatic heterocycles. The summed E-state index contributed by atoms with van der Waals surface area (Å²) < 4.78 is 5.63. The molecule has 0 saturated heterocycles. The molecule has 2 N–H and O–H groups in total. The Bertz CT molecular complexity index is 446. The molecular formula is C15H20Cl2N2O. The molecule has 0 amide bonds. The summed E-state index contributed by atoms with van der Waals surface area (Å²) in [6.07, 6.45) is 7.18. The van der Waals surface area contributed by atoms with E-state index in [0.717, 1.165) is 25.9 Å². The standard InChI is InChI=1S/C15H20Cl2N2O/c1-2-8-19(9-3-7-18)10-4-11-20-15-6-5-13(16)12-14(15)17/h1,5-6,12H,3-4,7-11,18H2. The van der Waals surface area contributed by atoms with Gasteiger partial charge in [0.05, 0.1) is 18.2 Å². The predicted molar refractivity (Wildman–Crippen MR) is 85.5 cm³/mol. The second-order valence-corrected chi connectivity index (χ2v) is 5.24. The average Bonchev–Trinajstić information content (AvgIpc) is 2.42. The summed E-state index contributed by atoms with van der Waals surface area (Å²) >= 11 is 11.9. The van der Waals surface area contributed by atoms with E-state index in [0.29, 0.717) is 35.5 Å². The first-order valence-electron chi connectivity index (χ1n) is 6.61. The number of rotatable bonds is 9. The lowest BCUT2D eigenvalue weighted by Crippen LogP contribution is -2.28. The molecule has 0 fully saturated rings. The highest BCUT2D eigenvalue weighted by atomic mass is 35.5. The Morgan fingerprint density at radius 3 is 2.65 bits per heavy atom. The third kappa shape index (κ3) is 6.49. The zero-order valence-electron chi connectivity index (χ0n) is 11.4. The summed E-state index contributed by atoms with van der Waals surface area (Å²) in [5.74, 6) is 3.31. The first-order chi connectivity index (χ1) is 9.67. The fraction of sp³-hybridized carbons (Fsp3) is 0.467. The molecule has 0 radical (unpaired) electrons. The number of hydrogen-bond donors (Lipinski definition) is 1. The van der Waals surface area contributed by atoms with E-state index in [9.17, 15) is 0 Å². The summed E-state index contributed by atoms with van der Waals surface area (Å²) in [5, 5.41) is 1.13. The van der Waals surface area contributed by atoms with Gasteiger partial charge in [-0.1, -0.05) is 29.1 Å². The van der Waals surface area contributed by atoms with Crippen molar-refractivity contribution in [2.24, 2.45) is 5.73 Å². The molecule has 0 saturated carbocycles. The minimum atomic E-state index is 0.529. The SMILES string of the molecule is C#CCN(CCCN)CCCOc1ccc(Cl)cc1Cl.